The first-order chi connectivity index (χ1) is 5.63. The molecule has 8 heteroatoms. The van der Waals surface area contributed by atoms with Crippen LogP contribution < -0.4 is 113 Å². The van der Waals surface area contributed by atoms with Gasteiger partial charge in [0, 0.05) is 70.2 Å². The minimum atomic E-state index is -1.52. The molecule has 0 bridgehead atoms. The van der Waals surface area contributed by atoms with E-state index in [1.165, 1.54) is 12.1 Å². The molecule has 2 radical (unpaired) electrons. The third kappa shape index (κ3) is 9.35. The van der Waals surface area contributed by atoms with Crippen molar-refractivity contribution in [3.63, 3.8) is 0 Å². The van der Waals surface area contributed by atoms with Crippen LogP contribution in [0.5, 0.6) is 0 Å². The Morgan fingerprint density at radius 1 is 0.812 bits per heavy atom. The van der Waals surface area contributed by atoms with Gasteiger partial charge in [-0.1, -0.05) is 24.3 Å². The molecule has 0 unspecified atom stereocenters. The van der Waals surface area contributed by atoms with Crippen LogP contribution in [0.25, 0.3) is 0 Å². The molecular weight excluding hydrogens is 284 g/mol. The summed E-state index contributed by atoms with van der Waals surface area (Å²) < 4.78 is 0. The molecule has 0 aliphatic rings. The summed E-state index contributed by atoms with van der Waals surface area (Å²) in [6, 6.07) is 5.14. The van der Waals surface area contributed by atoms with E-state index in [9.17, 15) is 19.8 Å². The Balaban J connectivity index is -0.000000180. The number of hydrogen-bond donors (Lipinski definition) is 0. The molecule has 0 N–H and O–H groups in total. The van der Waals surface area contributed by atoms with Crippen LogP contribution in [-0.2, 0) is 0 Å². The number of carboxylic acids is 2. The van der Waals surface area contributed by atoms with Crippen LogP contribution >= 0.6 is 0 Å². The summed E-state index contributed by atoms with van der Waals surface area (Å²) in [7, 11) is 0. The first-order valence-corrected chi connectivity index (χ1v) is 3.14. The number of carbonyl (C=O) groups is 2. The molecule has 0 aromatic heterocycles. The average Bonchev–Trinajstić information content (AvgIpc) is 2.04. The van der Waals surface area contributed by atoms with Crippen molar-refractivity contribution in [2.45, 2.75) is 0 Å². The molecule has 16 heavy (non-hydrogen) atoms. The standard InChI is InChI=1S/C8H6O4.2K.2Na/c9-7(10)5-3-1-2-4-6(5)8(11)12;;;;/h1-4H,(H,9,10)(H,11,12);;;;/q;2*+1;;/p-2. The summed E-state index contributed by atoms with van der Waals surface area (Å²) in [5.41, 5.74) is -0.727. The van der Waals surface area contributed by atoms with E-state index in [0.29, 0.717) is 0 Å². The third-order valence-electron chi connectivity index (χ3n) is 1.37. The molecular formula is C8H4K2Na2O4. The molecule has 1 rings (SSSR count). The van der Waals surface area contributed by atoms with Gasteiger partial charge in [-0.25, -0.2) is 0 Å². The third-order valence-corrected chi connectivity index (χ3v) is 1.37. The van der Waals surface area contributed by atoms with Gasteiger partial charge in [0.15, 0.2) is 0 Å². The van der Waals surface area contributed by atoms with Crippen molar-refractivity contribution in [3.8, 4) is 0 Å². The van der Waals surface area contributed by atoms with Gasteiger partial charge in [-0.05, 0) is 0 Å². The van der Waals surface area contributed by atoms with E-state index in [0.717, 1.165) is 12.1 Å². The van der Waals surface area contributed by atoms with E-state index in [2.05, 4.69) is 0 Å². The van der Waals surface area contributed by atoms with Crippen LogP contribution in [0.2, 0.25) is 0 Å². The fourth-order valence-electron chi connectivity index (χ4n) is 0.839. The summed E-state index contributed by atoms with van der Waals surface area (Å²) in [6.45, 7) is 0. The van der Waals surface area contributed by atoms with Crippen molar-refractivity contribution in [1.82, 2.24) is 0 Å². The van der Waals surface area contributed by atoms with Crippen LogP contribution in [0, 0.1) is 0 Å². The van der Waals surface area contributed by atoms with Gasteiger partial charge in [0.05, 0.1) is 11.9 Å². The fraction of sp³-hybridized carbons (Fsp3) is 0. The molecule has 64 valence electrons. The topological polar surface area (TPSA) is 80.3 Å². The molecule has 0 aliphatic heterocycles. The normalized spacial score (nSPS) is 7.00. The maximum absolute atomic E-state index is 10.3. The van der Waals surface area contributed by atoms with Crippen LogP contribution in [-0.4, -0.2) is 71.1 Å². The van der Waals surface area contributed by atoms with Crippen molar-refractivity contribution in [3.05, 3.63) is 35.4 Å². The summed E-state index contributed by atoms with van der Waals surface area (Å²) in [6.07, 6.45) is 0. The SMILES string of the molecule is O=C([O-])c1ccccc1C(=O)[O-].[K+].[K+].[Na].[Na]. The Morgan fingerprint density at radius 3 is 1.25 bits per heavy atom. The number of benzene rings is 1. The van der Waals surface area contributed by atoms with Gasteiger partial charge < -0.3 is 19.8 Å². The minimum absolute atomic E-state index is 0. The predicted octanol–water partition coefficient (Wildman–Crippen LogP) is -8.34. The fourth-order valence-corrected chi connectivity index (χ4v) is 0.839. The van der Waals surface area contributed by atoms with Crippen molar-refractivity contribution >= 4 is 71.1 Å². The number of aromatic carboxylic acids is 2. The molecule has 1 aromatic rings. The van der Waals surface area contributed by atoms with Crippen LogP contribution in [0.4, 0.5) is 0 Å². The Labute approximate surface area is 223 Å². The van der Waals surface area contributed by atoms with Crippen molar-refractivity contribution in [2.75, 3.05) is 0 Å². The van der Waals surface area contributed by atoms with Gasteiger partial charge >= 0.3 is 103 Å². The monoisotopic (exact) mass is 288 g/mol. The van der Waals surface area contributed by atoms with Crippen molar-refractivity contribution in [1.29, 1.82) is 0 Å². The van der Waals surface area contributed by atoms with Crippen molar-refractivity contribution in [2.24, 2.45) is 0 Å². The Morgan fingerprint density at radius 2 is 1.06 bits per heavy atom. The van der Waals surface area contributed by atoms with E-state index in [1.54, 1.807) is 0 Å². The largest absolute Gasteiger partial charge is 1.00 e. The van der Waals surface area contributed by atoms with Crippen LogP contribution in [0.15, 0.2) is 24.3 Å². The quantitative estimate of drug-likeness (QED) is 0.506. The molecule has 0 heterocycles. The summed E-state index contributed by atoms with van der Waals surface area (Å²) in [4.78, 5) is 20.6. The van der Waals surface area contributed by atoms with Crippen molar-refractivity contribution < 1.29 is 123 Å². The average molecular weight is 288 g/mol. The Kier molecular flexibility index (Phi) is 25.7. The zero-order valence-corrected chi connectivity index (χ0v) is 20.2. The first kappa shape index (κ1) is 27.7. The number of rotatable bonds is 2. The molecule has 0 fully saturated rings. The van der Waals surface area contributed by atoms with Gasteiger partial charge in [0.25, 0.3) is 0 Å². The van der Waals surface area contributed by atoms with E-state index in [1.807, 2.05) is 0 Å². The van der Waals surface area contributed by atoms with E-state index >= 15 is 0 Å². The maximum Gasteiger partial charge on any atom is 1.00 e. The molecule has 0 saturated carbocycles. The molecule has 0 saturated heterocycles. The molecule has 0 atom stereocenters. The second-order valence-corrected chi connectivity index (χ2v) is 2.12. The maximum atomic E-state index is 10.3. The first-order valence-electron chi connectivity index (χ1n) is 3.14. The van der Waals surface area contributed by atoms with Crippen LogP contribution in [0.1, 0.15) is 20.7 Å². The second-order valence-electron chi connectivity index (χ2n) is 2.12. The summed E-state index contributed by atoms with van der Waals surface area (Å²) in [5, 5.41) is 20.6. The molecule has 1 aromatic carbocycles. The molecule has 0 spiro atoms. The van der Waals surface area contributed by atoms with Gasteiger partial charge in [0.1, 0.15) is 0 Å². The molecule has 0 aliphatic carbocycles. The van der Waals surface area contributed by atoms with Crippen LogP contribution in [0.3, 0.4) is 0 Å². The van der Waals surface area contributed by atoms with E-state index in [-0.39, 0.29) is 173 Å². The Hall–Kier alpha value is 3.43. The van der Waals surface area contributed by atoms with E-state index < -0.39 is 11.9 Å². The zero-order chi connectivity index (χ0) is 9.14. The van der Waals surface area contributed by atoms with Gasteiger partial charge in [-0.15, -0.1) is 0 Å². The van der Waals surface area contributed by atoms with Gasteiger partial charge in [0.2, 0.25) is 0 Å². The summed E-state index contributed by atoms with van der Waals surface area (Å²) >= 11 is 0. The molecule has 4 nitrogen and oxygen atoms in total. The van der Waals surface area contributed by atoms with E-state index in [4.69, 9.17) is 0 Å². The number of carbonyl (C=O) groups excluding carboxylic acids is 2. The zero-order valence-electron chi connectivity index (χ0n) is 9.94. The Bertz CT molecular complexity index is 314. The number of carboxylic acid groups (broad SMARTS) is 2. The van der Waals surface area contributed by atoms with Gasteiger partial charge in [-0.3, -0.25) is 0 Å². The predicted molar refractivity (Wildman–Crippen MR) is 46.6 cm³/mol. The smallest absolute Gasteiger partial charge is 0.545 e. The minimum Gasteiger partial charge on any atom is -0.545 e. The number of hydrogen-bond acceptors (Lipinski definition) is 4. The van der Waals surface area contributed by atoms with Gasteiger partial charge in [-0.2, -0.15) is 0 Å². The molecule has 0 amide bonds. The second kappa shape index (κ2) is 14.8. The summed E-state index contributed by atoms with van der Waals surface area (Å²) in [5.74, 6) is -3.04.